The molecule has 8 heteroatoms. The van der Waals surface area contributed by atoms with Crippen molar-refractivity contribution in [1.29, 1.82) is 0 Å². The molecule has 0 N–H and O–H groups in total. The van der Waals surface area contributed by atoms with Crippen LogP contribution in [0.4, 0.5) is 4.39 Å². The molecule has 0 bridgehead atoms. The molecule has 3 rings (SSSR count). The second kappa shape index (κ2) is 7.31. The zero-order chi connectivity index (χ0) is 17.1. The van der Waals surface area contributed by atoms with Crippen LogP contribution < -0.4 is 0 Å². The van der Waals surface area contributed by atoms with E-state index in [1.807, 2.05) is 13.8 Å². The highest BCUT2D eigenvalue weighted by Gasteiger charge is 2.26. The molecule has 2 atom stereocenters. The van der Waals surface area contributed by atoms with Crippen LogP contribution in [0.2, 0.25) is 0 Å². The first kappa shape index (κ1) is 16.9. The van der Waals surface area contributed by atoms with Crippen molar-refractivity contribution < 1.29 is 18.3 Å². The van der Waals surface area contributed by atoms with Gasteiger partial charge in [-0.15, -0.1) is 10.2 Å². The summed E-state index contributed by atoms with van der Waals surface area (Å²) >= 11 is 1.15. The van der Waals surface area contributed by atoms with Crippen LogP contribution in [-0.4, -0.2) is 52.1 Å². The van der Waals surface area contributed by atoms with Gasteiger partial charge in [0.25, 0.3) is 11.1 Å². The topological polar surface area (TPSA) is 68.5 Å². The highest BCUT2D eigenvalue weighted by Crippen LogP contribution is 2.25. The molecule has 0 unspecified atom stereocenters. The largest absolute Gasteiger partial charge is 0.411 e. The predicted octanol–water partition coefficient (Wildman–Crippen LogP) is 2.60. The molecule has 1 aromatic carbocycles. The van der Waals surface area contributed by atoms with E-state index in [4.69, 9.17) is 9.15 Å². The lowest BCUT2D eigenvalue weighted by molar-refractivity contribution is -0.140. The van der Waals surface area contributed by atoms with E-state index in [9.17, 15) is 9.18 Å². The number of halogens is 1. The molecule has 128 valence electrons. The Hall–Kier alpha value is -1.93. The monoisotopic (exact) mass is 351 g/mol. The summed E-state index contributed by atoms with van der Waals surface area (Å²) in [6.07, 6.45) is 0.0533. The molecular formula is C16H18FN3O3S. The fraction of sp³-hybridized carbons (Fsp3) is 0.438. The normalized spacial score (nSPS) is 21.0. The van der Waals surface area contributed by atoms with Gasteiger partial charge in [0.1, 0.15) is 5.82 Å². The van der Waals surface area contributed by atoms with Gasteiger partial charge in [-0.3, -0.25) is 4.79 Å². The number of ether oxygens (including phenoxy) is 1. The summed E-state index contributed by atoms with van der Waals surface area (Å²) in [7, 11) is 0. The zero-order valence-corrected chi connectivity index (χ0v) is 14.3. The minimum Gasteiger partial charge on any atom is -0.411 e. The fourth-order valence-electron chi connectivity index (χ4n) is 2.61. The lowest BCUT2D eigenvalue weighted by atomic mass is 10.2. The van der Waals surface area contributed by atoms with Crippen molar-refractivity contribution in [3.63, 3.8) is 0 Å². The maximum Gasteiger partial charge on any atom is 0.277 e. The summed E-state index contributed by atoms with van der Waals surface area (Å²) in [6.45, 7) is 5.05. The number of carbonyl (C=O) groups is 1. The highest BCUT2D eigenvalue weighted by molar-refractivity contribution is 7.99. The number of hydrogen-bond acceptors (Lipinski definition) is 6. The Morgan fingerprint density at radius 2 is 2.00 bits per heavy atom. The maximum atomic E-state index is 13.7. The Morgan fingerprint density at radius 3 is 2.71 bits per heavy atom. The number of rotatable bonds is 4. The van der Waals surface area contributed by atoms with E-state index in [-0.39, 0.29) is 40.5 Å². The van der Waals surface area contributed by atoms with Gasteiger partial charge in [-0.25, -0.2) is 4.39 Å². The molecule has 6 nitrogen and oxygen atoms in total. The number of hydrogen-bond donors (Lipinski definition) is 0. The van der Waals surface area contributed by atoms with Gasteiger partial charge in [-0.2, -0.15) is 0 Å². The molecular weight excluding hydrogens is 333 g/mol. The summed E-state index contributed by atoms with van der Waals surface area (Å²) in [5.74, 6) is -0.132. The van der Waals surface area contributed by atoms with Gasteiger partial charge in [0.2, 0.25) is 5.91 Å². The Kier molecular flexibility index (Phi) is 5.15. The van der Waals surface area contributed by atoms with E-state index in [1.54, 1.807) is 23.1 Å². The van der Waals surface area contributed by atoms with Gasteiger partial charge < -0.3 is 14.1 Å². The number of thioether (sulfide) groups is 1. The van der Waals surface area contributed by atoms with Crippen LogP contribution in [0.3, 0.4) is 0 Å². The van der Waals surface area contributed by atoms with Crippen molar-refractivity contribution >= 4 is 17.7 Å². The average molecular weight is 351 g/mol. The van der Waals surface area contributed by atoms with Gasteiger partial charge in [-0.05, 0) is 26.0 Å². The Morgan fingerprint density at radius 1 is 1.29 bits per heavy atom. The predicted molar refractivity (Wildman–Crippen MR) is 87.0 cm³/mol. The third-order valence-corrected chi connectivity index (χ3v) is 4.41. The van der Waals surface area contributed by atoms with Crippen LogP contribution in [0.5, 0.6) is 0 Å². The molecule has 0 aliphatic carbocycles. The standard InChI is InChI=1S/C16H18FN3O3S/c1-10-7-20(8-11(2)22-10)14(21)9-24-16-19-18-15(23-16)12-5-3-4-6-13(12)17/h3-6,10-11H,7-9H2,1-2H3/t10-,11+. The quantitative estimate of drug-likeness (QED) is 0.789. The first-order valence-electron chi connectivity index (χ1n) is 7.67. The van der Waals surface area contributed by atoms with Gasteiger partial charge in [0, 0.05) is 13.1 Å². The van der Waals surface area contributed by atoms with Crippen molar-refractivity contribution in [3.05, 3.63) is 30.1 Å². The smallest absolute Gasteiger partial charge is 0.277 e. The van der Waals surface area contributed by atoms with Crippen molar-refractivity contribution in [2.75, 3.05) is 18.8 Å². The third kappa shape index (κ3) is 3.93. The summed E-state index contributed by atoms with van der Waals surface area (Å²) in [5.41, 5.74) is 0.249. The summed E-state index contributed by atoms with van der Waals surface area (Å²) < 4.78 is 24.8. The van der Waals surface area contributed by atoms with Gasteiger partial charge in [0.15, 0.2) is 0 Å². The van der Waals surface area contributed by atoms with Crippen LogP contribution >= 0.6 is 11.8 Å². The summed E-state index contributed by atoms with van der Waals surface area (Å²) in [4.78, 5) is 14.1. The van der Waals surface area contributed by atoms with E-state index in [0.717, 1.165) is 11.8 Å². The van der Waals surface area contributed by atoms with Crippen molar-refractivity contribution in [2.24, 2.45) is 0 Å². The van der Waals surface area contributed by atoms with E-state index in [2.05, 4.69) is 10.2 Å². The molecule has 1 aliphatic rings. The lowest BCUT2D eigenvalue weighted by Crippen LogP contribution is -2.48. The minimum atomic E-state index is -0.426. The van der Waals surface area contributed by atoms with Gasteiger partial charge in [0.05, 0.1) is 23.5 Å². The van der Waals surface area contributed by atoms with Gasteiger partial charge in [-0.1, -0.05) is 23.9 Å². The lowest BCUT2D eigenvalue weighted by Gasteiger charge is -2.35. The number of aromatic nitrogens is 2. The molecule has 0 radical (unpaired) electrons. The molecule has 1 saturated heterocycles. The molecule has 1 aromatic heterocycles. The summed E-state index contributed by atoms with van der Waals surface area (Å²) in [5, 5.41) is 7.95. The Bertz CT molecular complexity index is 714. The van der Waals surface area contributed by atoms with E-state index in [1.165, 1.54) is 6.07 Å². The number of carbonyl (C=O) groups excluding carboxylic acids is 1. The minimum absolute atomic E-state index is 0.00681. The maximum absolute atomic E-state index is 13.7. The van der Waals surface area contributed by atoms with Crippen LogP contribution in [0.1, 0.15) is 13.8 Å². The SMILES string of the molecule is C[C@@H]1CN(C(=O)CSc2nnc(-c3ccccc3F)o2)C[C@H](C)O1. The van der Waals surface area contributed by atoms with Gasteiger partial charge >= 0.3 is 0 Å². The molecule has 0 saturated carbocycles. The van der Waals surface area contributed by atoms with Crippen molar-refractivity contribution in [1.82, 2.24) is 15.1 Å². The number of benzene rings is 1. The summed E-state index contributed by atoms with van der Waals surface area (Å²) in [6, 6.07) is 6.18. The van der Waals surface area contributed by atoms with Crippen molar-refractivity contribution in [3.8, 4) is 11.5 Å². The molecule has 2 aromatic rings. The van der Waals surface area contributed by atoms with Crippen LogP contribution in [0.25, 0.3) is 11.5 Å². The fourth-order valence-corrected chi connectivity index (χ4v) is 3.27. The first-order chi connectivity index (χ1) is 11.5. The van der Waals surface area contributed by atoms with E-state index in [0.29, 0.717) is 13.1 Å². The molecule has 1 aliphatic heterocycles. The van der Waals surface area contributed by atoms with E-state index >= 15 is 0 Å². The van der Waals surface area contributed by atoms with Crippen LogP contribution in [0, 0.1) is 5.82 Å². The second-order valence-electron chi connectivity index (χ2n) is 5.70. The molecule has 1 amide bonds. The van der Waals surface area contributed by atoms with E-state index < -0.39 is 5.82 Å². The highest BCUT2D eigenvalue weighted by atomic mass is 32.2. The molecule has 0 spiro atoms. The van der Waals surface area contributed by atoms with Crippen molar-refractivity contribution in [2.45, 2.75) is 31.3 Å². The number of morpholine rings is 1. The van der Waals surface area contributed by atoms with Crippen LogP contribution in [0.15, 0.2) is 33.9 Å². The first-order valence-corrected chi connectivity index (χ1v) is 8.66. The molecule has 2 heterocycles. The van der Waals surface area contributed by atoms with Crippen LogP contribution in [-0.2, 0) is 9.53 Å². The number of amides is 1. The zero-order valence-electron chi connectivity index (χ0n) is 13.4. The molecule has 24 heavy (non-hydrogen) atoms. The Labute approximate surface area is 143 Å². The average Bonchev–Trinajstić information content (AvgIpc) is 3.01. The number of nitrogens with zero attached hydrogens (tertiary/aromatic N) is 3. The third-order valence-electron chi connectivity index (χ3n) is 3.60. The second-order valence-corrected chi connectivity index (χ2v) is 6.62. The molecule has 1 fully saturated rings. The Balaban J connectivity index is 1.59.